The Balaban J connectivity index is 2.04. The highest BCUT2D eigenvalue weighted by molar-refractivity contribution is 6.01. The van der Waals surface area contributed by atoms with E-state index in [1.54, 1.807) is 4.90 Å². The van der Waals surface area contributed by atoms with Crippen LogP contribution in [0.1, 0.15) is 32.6 Å². The highest BCUT2D eigenvalue weighted by Crippen LogP contribution is 2.29. The molecular weight excluding hydrogens is 254 g/mol. The molecule has 1 aromatic rings. The lowest BCUT2D eigenvalue weighted by Gasteiger charge is -2.20. The monoisotopic (exact) mass is 275 g/mol. The molecule has 1 aliphatic heterocycles. The van der Waals surface area contributed by atoms with Gasteiger partial charge in [-0.1, -0.05) is 25.5 Å². The fraction of sp³-hybridized carbons (Fsp3) is 0.467. The van der Waals surface area contributed by atoms with E-state index in [1.165, 1.54) is 0 Å². The number of hydrogen-bond donors (Lipinski definition) is 2. The Bertz CT molecular complexity index is 488. The van der Waals surface area contributed by atoms with Gasteiger partial charge in [-0.3, -0.25) is 4.79 Å². The molecule has 2 rings (SSSR count). The first kappa shape index (κ1) is 14.4. The molecule has 1 saturated heterocycles. The molecule has 0 radical (unpaired) electrons. The van der Waals surface area contributed by atoms with Crippen LogP contribution in [0.15, 0.2) is 24.3 Å². The Labute approximate surface area is 119 Å². The third-order valence-corrected chi connectivity index (χ3v) is 3.33. The summed E-state index contributed by atoms with van der Waals surface area (Å²) in [7, 11) is 0. The molecule has 2 N–H and O–H groups in total. The lowest BCUT2D eigenvalue weighted by molar-refractivity contribution is -0.117. The molecule has 0 aromatic heterocycles. The average Bonchev–Trinajstić information content (AvgIpc) is 2.86. The van der Waals surface area contributed by atoms with Gasteiger partial charge in [-0.25, -0.2) is 4.79 Å². The molecular formula is C15H21N3O2. The van der Waals surface area contributed by atoms with E-state index in [0.29, 0.717) is 18.7 Å². The van der Waals surface area contributed by atoms with E-state index in [-0.39, 0.29) is 11.9 Å². The van der Waals surface area contributed by atoms with Crippen molar-refractivity contribution in [3.8, 4) is 0 Å². The number of para-hydroxylation sites is 2. The predicted octanol–water partition coefficient (Wildman–Crippen LogP) is 2.74. The summed E-state index contributed by atoms with van der Waals surface area (Å²) in [4.78, 5) is 25.4. The van der Waals surface area contributed by atoms with Crippen molar-refractivity contribution in [1.29, 1.82) is 0 Å². The maximum absolute atomic E-state index is 11.8. The van der Waals surface area contributed by atoms with Crippen molar-refractivity contribution in [2.24, 2.45) is 0 Å². The second kappa shape index (κ2) is 6.93. The zero-order chi connectivity index (χ0) is 14.4. The molecule has 108 valence electrons. The summed E-state index contributed by atoms with van der Waals surface area (Å²) < 4.78 is 0. The van der Waals surface area contributed by atoms with E-state index in [2.05, 4.69) is 17.6 Å². The molecule has 3 amide bonds. The third kappa shape index (κ3) is 3.50. The number of nitrogens with zero attached hydrogens (tertiary/aromatic N) is 1. The minimum atomic E-state index is -0.224. The minimum absolute atomic E-state index is 0.116. The molecule has 20 heavy (non-hydrogen) atoms. The molecule has 0 atom stereocenters. The summed E-state index contributed by atoms with van der Waals surface area (Å²) in [5.74, 6) is 0.116. The van der Waals surface area contributed by atoms with Gasteiger partial charge >= 0.3 is 6.03 Å². The van der Waals surface area contributed by atoms with Gasteiger partial charge in [0.15, 0.2) is 0 Å². The van der Waals surface area contributed by atoms with Crippen molar-refractivity contribution in [2.45, 2.75) is 32.6 Å². The molecule has 0 aliphatic carbocycles. The minimum Gasteiger partial charge on any atom is -0.338 e. The van der Waals surface area contributed by atoms with Gasteiger partial charge in [0.2, 0.25) is 5.91 Å². The number of carbonyl (C=O) groups excluding carboxylic acids is 2. The highest BCUT2D eigenvalue weighted by Gasteiger charge is 2.23. The van der Waals surface area contributed by atoms with E-state index >= 15 is 0 Å². The Kier molecular flexibility index (Phi) is 4.98. The lowest BCUT2D eigenvalue weighted by Crippen LogP contribution is -2.31. The van der Waals surface area contributed by atoms with Gasteiger partial charge in [0.1, 0.15) is 0 Å². The van der Waals surface area contributed by atoms with Gasteiger partial charge in [-0.15, -0.1) is 0 Å². The molecule has 1 aliphatic rings. The summed E-state index contributed by atoms with van der Waals surface area (Å²) in [6.45, 7) is 3.45. The topological polar surface area (TPSA) is 61.4 Å². The van der Waals surface area contributed by atoms with Crippen molar-refractivity contribution in [3.63, 3.8) is 0 Å². The first-order chi connectivity index (χ1) is 9.72. The van der Waals surface area contributed by atoms with Crippen molar-refractivity contribution in [3.05, 3.63) is 24.3 Å². The molecule has 0 unspecified atom stereocenters. The largest absolute Gasteiger partial charge is 0.338 e. The van der Waals surface area contributed by atoms with Gasteiger partial charge in [0.25, 0.3) is 0 Å². The normalized spacial score (nSPS) is 14.4. The standard InChI is InChI=1S/C15H21N3O2/c1-2-3-10-16-15(20)17-12-7-4-5-8-13(12)18-11-6-9-14(18)19/h4-5,7-8H,2-3,6,9-11H2,1H3,(H2,16,17,20). The smallest absolute Gasteiger partial charge is 0.319 e. The van der Waals surface area contributed by atoms with Gasteiger partial charge < -0.3 is 15.5 Å². The zero-order valence-corrected chi connectivity index (χ0v) is 11.8. The van der Waals surface area contributed by atoms with E-state index in [9.17, 15) is 9.59 Å². The van der Waals surface area contributed by atoms with Crippen LogP contribution in [-0.4, -0.2) is 25.0 Å². The second-order valence-electron chi connectivity index (χ2n) is 4.90. The van der Waals surface area contributed by atoms with Crippen LogP contribution in [-0.2, 0) is 4.79 Å². The number of unbranched alkanes of at least 4 members (excludes halogenated alkanes) is 1. The Morgan fingerprint density at radius 2 is 2.15 bits per heavy atom. The van der Waals surface area contributed by atoms with Crippen LogP contribution in [0.3, 0.4) is 0 Å². The summed E-state index contributed by atoms with van der Waals surface area (Å²) >= 11 is 0. The molecule has 0 saturated carbocycles. The number of nitrogens with one attached hydrogen (secondary N) is 2. The third-order valence-electron chi connectivity index (χ3n) is 3.33. The van der Waals surface area contributed by atoms with Crippen LogP contribution in [0.4, 0.5) is 16.2 Å². The molecule has 1 aromatic carbocycles. The number of anilines is 2. The van der Waals surface area contributed by atoms with Crippen LogP contribution >= 0.6 is 0 Å². The zero-order valence-electron chi connectivity index (χ0n) is 11.8. The summed E-state index contributed by atoms with van der Waals surface area (Å²) in [6.07, 6.45) is 3.45. The van der Waals surface area contributed by atoms with Crippen molar-refractivity contribution in [1.82, 2.24) is 5.32 Å². The molecule has 0 bridgehead atoms. The second-order valence-corrected chi connectivity index (χ2v) is 4.90. The molecule has 0 spiro atoms. The molecule has 5 heteroatoms. The van der Waals surface area contributed by atoms with Crippen LogP contribution in [0.5, 0.6) is 0 Å². The van der Waals surface area contributed by atoms with Crippen LogP contribution in [0.25, 0.3) is 0 Å². The maximum atomic E-state index is 11.8. The number of rotatable bonds is 5. The number of urea groups is 1. The average molecular weight is 275 g/mol. The van der Waals surface area contributed by atoms with Crippen molar-refractivity contribution in [2.75, 3.05) is 23.3 Å². The Morgan fingerprint density at radius 3 is 2.85 bits per heavy atom. The number of benzene rings is 1. The van der Waals surface area contributed by atoms with Crippen LogP contribution in [0, 0.1) is 0 Å². The lowest BCUT2D eigenvalue weighted by atomic mass is 10.2. The molecule has 5 nitrogen and oxygen atoms in total. The SMILES string of the molecule is CCCCNC(=O)Nc1ccccc1N1CCCC1=O. The van der Waals surface area contributed by atoms with Crippen LogP contribution < -0.4 is 15.5 Å². The number of hydrogen-bond acceptors (Lipinski definition) is 2. The van der Waals surface area contributed by atoms with E-state index < -0.39 is 0 Å². The Morgan fingerprint density at radius 1 is 1.35 bits per heavy atom. The van der Waals surface area contributed by atoms with E-state index in [1.807, 2.05) is 24.3 Å². The van der Waals surface area contributed by atoms with Crippen molar-refractivity contribution < 1.29 is 9.59 Å². The number of amides is 3. The molecule has 1 heterocycles. The van der Waals surface area contributed by atoms with Gasteiger partial charge in [-0.05, 0) is 25.0 Å². The quantitative estimate of drug-likeness (QED) is 0.812. The van der Waals surface area contributed by atoms with Gasteiger partial charge in [-0.2, -0.15) is 0 Å². The Hall–Kier alpha value is -2.04. The predicted molar refractivity (Wildman–Crippen MR) is 80.0 cm³/mol. The summed E-state index contributed by atoms with van der Waals surface area (Å²) in [5.41, 5.74) is 1.46. The van der Waals surface area contributed by atoms with Crippen LogP contribution in [0.2, 0.25) is 0 Å². The molecule has 1 fully saturated rings. The van der Waals surface area contributed by atoms with Crippen molar-refractivity contribution >= 4 is 23.3 Å². The van der Waals surface area contributed by atoms with E-state index in [4.69, 9.17) is 0 Å². The fourth-order valence-corrected chi connectivity index (χ4v) is 2.26. The summed E-state index contributed by atoms with van der Waals surface area (Å²) in [5, 5.41) is 5.63. The fourth-order valence-electron chi connectivity index (χ4n) is 2.26. The first-order valence-corrected chi connectivity index (χ1v) is 7.16. The summed E-state index contributed by atoms with van der Waals surface area (Å²) in [6, 6.07) is 7.19. The van der Waals surface area contributed by atoms with Gasteiger partial charge in [0, 0.05) is 19.5 Å². The first-order valence-electron chi connectivity index (χ1n) is 7.16. The van der Waals surface area contributed by atoms with E-state index in [0.717, 1.165) is 31.5 Å². The number of carbonyl (C=O) groups is 2. The maximum Gasteiger partial charge on any atom is 0.319 e. The van der Waals surface area contributed by atoms with Gasteiger partial charge in [0.05, 0.1) is 11.4 Å². The highest BCUT2D eigenvalue weighted by atomic mass is 16.2.